The summed E-state index contributed by atoms with van der Waals surface area (Å²) in [5, 5.41) is 11.9. The number of aromatic amines is 1. The Morgan fingerprint density at radius 1 is 1.50 bits per heavy atom. The van der Waals surface area contributed by atoms with Gasteiger partial charge in [-0.1, -0.05) is 20.8 Å². The van der Waals surface area contributed by atoms with Crippen molar-refractivity contribution in [3.05, 3.63) is 29.1 Å². The van der Waals surface area contributed by atoms with Crippen molar-refractivity contribution in [3.63, 3.8) is 0 Å². The molecule has 1 unspecified atom stereocenters. The van der Waals surface area contributed by atoms with Gasteiger partial charge in [0, 0.05) is 17.9 Å². The third-order valence-corrected chi connectivity index (χ3v) is 5.13. The van der Waals surface area contributed by atoms with Crippen molar-refractivity contribution < 1.29 is 9.90 Å². The topological polar surface area (TPSA) is 78.0 Å². The fraction of sp³-hybridized carbons (Fsp3) is 0.579. The van der Waals surface area contributed by atoms with E-state index in [0.717, 1.165) is 36.0 Å². The molecule has 2 atom stereocenters. The van der Waals surface area contributed by atoms with E-state index in [-0.39, 0.29) is 18.6 Å². The van der Waals surface area contributed by atoms with Gasteiger partial charge in [-0.3, -0.25) is 9.78 Å². The quantitative estimate of drug-likeness (QED) is 0.810. The fourth-order valence-corrected chi connectivity index (χ4v) is 3.46. The molecule has 0 fully saturated rings. The van der Waals surface area contributed by atoms with E-state index in [0.29, 0.717) is 16.9 Å². The van der Waals surface area contributed by atoms with Crippen LogP contribution in [0, 0.1) is 11.3 Å². The number of aliphatic hydroxyl groups is 1. The van der Waals surface area contributed by atoms with Crippen molar-refractivity contribution in [2.45, 2.75) is 53.0 Å². The Bertz CT molecular complexity index is 758. The third-order valence-electron chi connectivity index (χ3n) is 5.13. The maximum atomic E-state index is 12.4. The summed E-state index contributed by atoms with van der Waals surface area (Å²) in [5.74, 6) is 0.464. The summed E-state index contributed by atoms with van der Waals surface area (Å²) >= 11 is 0. The van der Waals surface area contributed by atoms with Crippen LogP contribution in [0.3, 0.4) is 0 Å². The average Bonchev–Trinajstić information content (AvgIpc) is 2.93. The van der Waals surface area contributed by atoms with Crippen molar-refractivity contribution in [2.75, 3.05) is 6.61 Å². The molecule has 3 rings (SSSR count). The number of nitrogens with zero attached hydrogens (tertiary/aromatic N) is 1. The summed E-state index contributed by atoms with van der Waals surface area (Å²) in [6.45, 7) is 8.59. The van der Waals surface area contributed by atoms with Crippen molar-refractivity contribution in [3.8, 4) is 0 Å². The zero-order valence-corrected chi connectivity index (χ0v) is 14.9. The monoisotopic (exact) mass is 329 g/mol. The molecular formula is C19H27N3O2. The van der Waals surface area contributed by atoms with Gasteiger partial charge in [-0.25, -0.2) is 0 Å². The van der Waals surface area contributed by atoms with Crippen molar-refractivity contribution in [1.82, 2.24) is 15.3 Å². The first kappa shape index (κ1) is 17.0. The highest BCUT2D eigenvalue weighted by molar-refractivity contribution is 6.05. The summed E-state index contributed by atoms with van der Waals surface area (Å²) in [5.41, 5.74) is 4.90. The predicted molar refractivity (Wildman–Crippen MR) is 95.1 cm³/mol. The molecule has 3 N–H and O–H groups in total. The summed E-state index contributed by atoms with van der Waals surface area (Å²) < 4.78 is 0. The molecule has 0 radical (unpaired) electrons. The first-order valence-corrected chi connectivity index (χ1v) is 8.71. The molecule has 5 nitrogen and oxygen atoms in total. The first-order valence-electron chi connectivity index (χ1n) is 8.71. The van der Waals surface area contributed by atoms with Gasteiger partial charge in [0.1, 0.15) is 5.52 Å². The second-order valence-corrected chi connectivity index (χ2v) is 8.06. The zero-order chi connectivity index (χ0) is 17.5. The molecule has 2 aromatic heterocycles. The van der Waals surface area contributed by atoms with Gasteiger partial charge in [-0.05, 0) is 49.1 Å². The van der Waals surface area contributed by atoms with Crippen LogP contribution in [0.5, 0.6) is 0 Å². The molecule has 2 heterocycles. The standard InChI is InChI=1S/C19H27N3O2/c1-11(10-23)21-18(24)14-9-20-16-8-12-7-13(19(2,3)4)5-6-15(12)22-17(14)16/h8-9,11,13,20,23H,5-7,10H2,1-4H3,(H,21,24)/t11-,13?/m0/s1. The number of fused-ring (bicyclic) bond motifs is 2. The van der Waals surface area contributed by atoms with Crippen LogP contribution in [-0.4, -0.2) is 33.6 Å². The number of hydrogen-bond donors (Lipinski definition) is 3. The van der Waals surface area contributed by atoms with Crippen LogP contribution in [0.25, 0.3) is 11.0 Å². The Balaban J connectivity index is 1.92. The lowest BCUT2D eigenvalue weighted by Crippen LogP contribution is -2.35. The van der Waals surface area contributed by atoms with Gasteiger partial charge >= 0.3 is 0 Å². The SMILES string of the molecule is C[C@@H](CO)NC(=O)c1c[nH]c2cc3c(nc12)CCC(C(C)(C)C)C3. The van der Waals surface area contributed by atoms with Crippen LogP contribution in [0.4, 0.5) is 0 Å². The summed E-state index contributed by atoms with van der Waals surface area (Å²) in [6.07, 6.45) is 4.86. The molecule has 2 aromatic rings. The number of H-pyrrole nitrogens is 1. The Labute approximate surface area is 142 Å². The fourth-order valence-electron chi connectivity index (χ4n) is 3.46. The number of hydrogen-bond acceptors (Lipinski definition) is 3. The van der Waals surface area contributed by atoms with E-state index in [1.54, 1.807) is 13.1 Å². The van der Waals surface area contributed by atoms with E-state index in [1.165, 1.54) is 5.56 Å². The van der Waals surface area contributed by atoms with Gasteiger partial charge in [0.05, 0.1) is 17.7 Å². The Morgan fingerprint density at radius 2 is 2.25 bits per heavy atom. The Morgan fingerprint density at radius 3 is 2.92 bits per heavy atom. The van der Waals surface area contributed by atoms with Gasteiger partial charge < -0.3 is 15.4 Å². The van der Waals surface area contributed by atoms with Gasteiger partial charge in [-0.15, -0.1) is 0 Å². The minimum absolute atomic E-state index is 0.0783. The number of amides is 1. The van der Waals surface area contributed by atoms with E-state index in [4.69, 9.17) is 10.1 Å². The molecule has 0 spiro atoms. The van der Waals surface area contributed by atoms with Gasteiger partial charge in [-0.2, -0.15) is 0 Å². The lowest BCUT2D eigenvalue weighted by atomic mass is 9.71. The molecule has 0 aromatic carbocycles. The Kier molecular flexibility index (Phi) is 4.38. The van der Waals surface area contributed by atoms with E-state index >= 15 is 0 Å². The normalized spacial score (nSPS) is 19.1. The minimum Gasteiger partial charge on any atom is -0.394 e. The second kappa shape index (κ2) is 6.20. The smallest absolute Gasteiger partial charge is 0.255 e. The lowest BCUT2D eigenvalue weighted by Gasteiger charge is -2.34. The largest absolute Gasteiger partial charge is 0.394 e. The molecule has 5 heteroatoms. The summed E-state index contributed by atoms with van der Waals surface area (Å²) in [6, 6.07) is 1.88. The number of carbonyl (C=O) groups is 1. The van der Waals surface area contributed by atoms with Crippen LogP contribution in [0.2, 0.25) is 0 Å². The average molecular weight is 329 g/mol. The molecular weight excluding hydrogens is 302 g/mol. The number of nitrogens with one attached hydrogen (secondary N) is 2. The number of aryl methyl sites for hydroxylation is 1. The van der Waals surface area contributed by atoms with Crippen LogP contribution in [-0.2, 0) is 12.8 Å². The summed E-state index contributed by atoms with van der Waals surface area (Å²) in [7, 11) is 0. The third kappa shape index (κ3) is 3.18. The Hall–Kier alpha value is -1.88. The molecule has 24 heavy (non-hydrogen) atoms. The van der Waals surface area contributed by atoms with E-state index in [2.05, 4.69) is 37.1 Å². The van der Waals surface area contributed by atoms with Crippen LogP contribution < -0.4 is 5.32 Å². The highest BCUT2D eigenvalue weighted by Crippen LogP contribution is 2.37. The summed E-state index contributed by atoms with van der Waals surface area (Å²) in [4.78, 5) is 20.3. The van der Waals surface area contributed by atoms with Crippen LogP contribution >= 0.6 is 0 Å². The van der Waals surface area contributed by atoms with E-state index in [1.807, 2.05) is 0 Å². The van der Waals surface area contributed by atoms with E-state index in [9.17, 15) is 4.79 Å². The number of pyridine rings is 1. The van der Waals surface area contributed by atoms with Gasteiger partial charge in [0.2, 0.25) is 0 Å². The highest BCUT2D eigenvalue weighted by Gasteiger charge is 2.30. The number of aliphatic hydroxyl groups excluding tert-OH is 1. The molecule has 1 amide bonds. The number of rotatable bonds is 3. The van der Waals surface area contributed by atoms with Crippen molar-refractivity contribution in [1.29, 1.82) is 0 Å². The van der Waals surface area contributed by atoms with Gasteiger partial charge in [0.25, 0.3) is 5.91 Å². The second-order valence-electron chi connectivity index (χ2n) is 8.06. The zero-order valence-electron chi connectivity index (χ0n) is 14.9. The van der Waals surface area contributed by atoms with Crippen molar-refractivity contribution >= 4 is 16.9 Å². The molecule has 0 aliphatic heterocycles. The molecule has 130 valence electrons. The molecule has 0 saturated heterocycles. The minimum atomic E-state index is -0.271. The molecule has 0 bridgehead atoms. The number of aromatic nitrogens is 2. The maximum absolute atomic E-state index is 12.4. The molecule has 1 aliphatic carbocycles. The van der Waals surface area contributed by atoms with Crippen molar-refractivity contribution in [2.24, 2.45) is 11.3 Å². The predicted octanol–water partition coefficient (Wildman–Crippen LogP) is 2.82. The van der Waals surface area contributed by atoms with Gasteiger partial charge in [0.15, 0.2) is 0 Å². The molecule has 1 aliphatic rings. The van der Waals surface area contributed by atoms with E-state index < -0.39 is 0 Å². The highest BCUT2D eigenvalue weighted by atomic mass is 16.3. The molecule has 0 saturated carbocycles. The lowest BCUT2D eigenvalue weighted by molar-refractivity contribution is 0.0924. The first-order chi connectivity index (χ1) is 11.3. The number of carbonyl (C=O) groups excluding carboxylic acids is 1. The maximum Gasteiger partial charge on any atom is 0.255 e. The van der Waals surface area contributed by atoms with Crippen LogP contribution in [0.1, 0.15) is 55.7 Å². The van der Waals surface area contributed by atoms with Crippen LogP contribution in [0.15, 0.2) is 12.3 Å².